The van der Waals surface area contributed by atoms with Gasteiger partial charge < -0.3 is 15.2 Å². The molecule has 1 aromatic carbocycles. The molecule has 0 saturated heterocycles. The van der Waals surface area contributed by atoms with E-state index in [9.17, 15) is 18.4 Å². The number of carbonyl (C=O) groups is 1. The van der Waals surface area contributed by atoms with Gasteiger partial charge in [0.05, 0.1) is 5.52 Å². The summed E-state index contributed by atoms with van der Waals surface area (Å²) in [6, 6.07) is 8.05. The Bertz CT molecular complexity index is 891. The van der Waals surface area contributed by atoms with Gasteiger partial charge in [-0.05, 0) is 54.8 Å². The predicted octanol–water partition coefficient (Wildman–Crippen LogP) is 3.75. The summed E-state index contributed by atoms with van der Waals surface area (Å²) in [7, 11) is 1.67. The fourth-order valence-electron chi connectivity index (χ4n) is 3.10. The number of hydrogen-bond donors (Lipinski definition) is 2. The maximum absolute atomic E-state index is 12.5. The number of nitrogens with one attached hydrogen (secondary N) is 2. The molecule has 132 valence electrons. The van der Waals surface area contributed by atoms with Crippen LogP contribution in [0.4, 0.5) is 19.3 Å². The number of aromatic nitrogens is 1. The van der Waals surface area contributed by atoms with Crippen molar-refractivity contribution in [1.82, 2.24) is 9.88 Å². The highest BCUT2D eigenvalue weighted by atomic mass is 19.3. The topological polar surface area (TPSA) is 63.1 Å². The third-order valence-corrected chi connectivity index (χ3v) is 4.58. The van der Waals surface area contributed by atoms with E-state index in [-0.39, 0.29) is 23.2 Å². The predicted molar refractivity (Wildman–Crippen MR) is 92.8 cm³/mol. The average Bonchev–Trinajstić information content (AvgIpc) is 2.59. The lowest BCUT2D eigenvalue weighted by Gasteiger charge is -2.24. The van der Waals surface area contributed by atoms with Crippen LogP contribution in [-0.4, -0.2) is 16.6 Å². The van der Waals surface area contributed by atoms with Crippen LogP contribution >= 0.6 is 0 Å². The van der Waals surface area contributed by atoms with Crippen molar-refractivity contribution in [3.8, 4) is 0 Å². The molecular formula is C18H19F2N3O2. The van der Waals surface area contributed by atoms with Crippen LogP contribution in [0.2, 0.25) is 0 Å². The molecule has 1 fully saturated rings. The summed E-state index contributed by atoms with van der Waals surface area (Å²) in [5, 5.41) is 6.45. The number of aryl methyl sites for hydroxylation is 1. The Morgan fingerprint density at radius 3 is 2.52 bits per heavy atom. The lowest BCUT2D eigenvalue weighted by Crippen LogP contribution is -2.39. The molecule has 25 heavy (non-hydrogen) atoms. The standard InChI is InChI=1S/C18H19F2N3O2/c1-23-15-10-14(8-2-11(15)5-9-16(23)24)22-18(25)21-13-6-3-12(4-7-13)17(19)20/h2,5,8-10,13H,3-4,6-7H2,1H3,(H2,21,22,25). The first kappa shape index (κ1) is 17.1. The zero-order valence-corrected chi connectivity index (χ0v) is 13.8. The van der Waals surface area contributed by atoms with Gasteiger partial charge >= 0.3 is 6.03 Å². The molecule has 2 N–H and O–H groups in total. The van der Waals surface area contributed by atoms with Crippen LogP contribution in [0.3, 0.4) is 0 Å². The summed E-state index contributed by atoms with van der Waals surface area (Å²) in [6.45, 7) is 0. The number of rotatable bonds is 2. The van der Waals surface area contributed by atoms with Crippen LogP contribution in [0.25, 0.3) is 10.9 Å². The van der Waals surface area contributed by atoms with Crippen LogP contribution < -0.4 is 16.2 Å². The number of anilines is 1. The first-order chi connectivity index (χ1) is 11.9. The van der Waals surface area contributed by atoms with E-state index < -0.39 is 6.08 Å². The number of allylic oxidation sites excluding steroid dienone is 1. The molecule has 0 aliphatic heterocycles. The van der Waals surface area contributed by atoms with Crippen molar-refractivity contribution in [2.75, 3.05) is 5.32 Å². The fraction of sp³-hybridized carbons (Fsp3) is 0.333. The summed E-state index contributed by atoms with van der Waals surface area (Å²) in [5.41, 5.74) is 1.35. The van der Waals surface area contributed by atoms with Crippen LogP contribution in [0.15, 0.2) is 46.8 Å². The maximum Gasteiger partial charge on any atom is 0.319 e. The van der Waals surface area contributed by atoms with Crippen molar-refractivity contribution in [3.63, 3.8) is 0 Å². The quantitative estimate of drug-likeness (QED) is 0.869. The zero-order valence-electron chi connectivity index (χ0n) is 13.8. The van der Waals surface area contributed by atoms with Crippen molar-refractivity contribution in [1.29, 1.82) is 0 Å². The van der Waals surface area contributed by atoms with Crippen LogP contribution in [-0.2, 0) is 7.05 Å². The SMILES string of the molecule is Cn1c(=O)ccc2ccc(NC(=O)NC3CCC(=C(F)F)CC3)cc21. The van der Waals surface area contributed by atoms with Crippen molar-refractivity contribution in [2.45, 2.75) is 31.7 Å². The third-order valence-electron chi connectivity index (χ3n) is 4.58. The number of fused-ring (bicyclic) bond motifs is 1. The minimum absolute atomic E-state index is 0.118. The van der Waals surface area contributed by atoms with Gasteiger partial charge in [0.1, 0.15) is 0 Å². The Morgan fingerprint density at radius 2 is 1.84 bits per heavy atom. The summed E-state index contributed by atoms with van der Waals surface area (Å²) in [5.74, 6) is 0. The molecule has 2 amide bonds. The first-order valence-electron chi connectivity index (χ1n) is 8.14. The Kier molecular flexibility index (Phi) is 4.83. The maximum atomic E-state index is 12.5. The van der Waals surface area contributed by atoms with Crippen molar-refractivity contribution >= 4 is 22.6 Å². The normalized spacial score (nSPS) is 17.4. The van der Waals surface area contributed by atoms with E-state index in [1.54, 1.807) is 25.2 Å². The molecule has 0 radical (unpaired) electrons. The van der Waals surface area contributed by atoms with Crippen LogP contribution in [0.1, 0.15) is 25.7 Å². The Balaban J connectivity index is 1.65. The van der Waals surface area contributed by atoms with Gasteiger partial charge in [-0.2, -0.15) is 8.78 Å². The molecule has 2 aromatic rings. The molecule has 0 spiro atoms. The molecule has 1 heterocycles. The molecule has 0 atom stereocenters. The molecule has 5 nitrogen and oxygen atoms in total. The second kappa shape index (κ2) is 7.04. The summed E-state index contributed by atoms with van der Waals surface area (Å²) in [4.78, 5) is 23.8. The zero-order chi connectivity index (χ0) is 18.0. The van der Waals surface area contributed by atoms with E-state index in [2.05, 4.69) is 10.6 Å². The van der Waals surface area contributed by atoms with Gasteiger partial charge in [0, 0.05) is 24.8 Å². The highest BCUT2D eigenvalue weighted by Gasteiger charge is 2.21. The van der Waals surface area contributed by atoms with E-state index in [0.29, 0.717) is 31.4 Å². The van der Waals surface area contributed by atoms with Gasteiger partial charge in [0.2, 0.25) is 0 Å². The second-order valence-electron chi connectivity index (χ2n) is 6.24. The van der Waals surface area contributed by atoms with E-state index in [4.69, 9.17) is 0 Å². The van der Waals surface area contributed by atoms with E-state index in [1.807, 2.05) is 6.07 Å². The van der Waals surface area contributed by atoms with E-state index in [0.717, 1.165) is 10.9 Å². The smallest absolute Gasteiger partial charge is 0.319 e. The fourth-order valence-corrected chi connectivity index (χ4v) is 3.10. The highest BCUT2D eigenvalue weighted by Crippen LogP contribution is 2.27. The van der Waals surface area contributed by atoms with Gasteiger partial charge in [-0.25, -0.2) is 4.79 Å². The minimum Gasteiger partial charge on any atom is -0.335 e. The number of halogens is 2. The van der Waals surface area contributed by atoms with E-state index >= 15 is 0 Å². The summed E-state index contributed by atoms with van der Waals surface area (Å²) >= 11 is 0. The number of urea groups is 1. The van der Waals surface area contributed by atoms with Crippen LogP contribution in [0, 0.1) is 0 Å². The molecule has 1 saturated carbocycles. The monoisotopic (exact) mass is 347 g/mol. The van der Waals surface area contributed by atoms with E-state index in [1.165, 1.54) is 10.6 Å². The number of benzene rings is 1. The Morgan fingerprint density at radius 1 is 1.16 bits per heavy atom. The number of hydrogen-bond acceptors (Lipinski definition) is 2. The molecule has 0 bridgehead atoms. The van der Waals surface area contributed by atoms with Gasteiger partial charge in [0.25, 0.3) is 11.6 Å². The van der Waals surface area contributed by atoms with Crippen molar-refractivity contribution < 1.29 is 13.6 Å². The molecule has 1 aliphatic rings. The van der Waals surface area contributed by atoms with Gasteiger partial charge in [-0.3, -0.25) is 4.79 Å². The van der Waals surface area contributed by atoms with Crippen molar-refractivity contribution in [2.24, 2.45) is 7.05 Å². The second-order valence-corrected chi connectivity index (χ2v) is 6.24. The summed E-state index contributed by atoms with van der Waals surface area (Å²) < 4.78 is 26.6. The number of amides is 2. The molecule has 1 aliphatic carbocycles. The number of carbonyl (C=O) groups excluding carboxylic acids is 1. The lowest BCUT2D eigenvalue weighted by molar-refractivity contribution is 0.245. The Labute approximate surface area is 143 Å². The minimum atomic E-state index is -1.59. The summed E-state index contributed by atoms with van der Waals surface area (Å²) in [6.07, 6.45) is 0.0414. The number of pyridine rings is 1. The molecule has 0 unspecified atom stereocenters. The Hall–Kier alpha value is -2.70. The molecule has 7 heteroatoms. The van der Waals surface area contributed by atoms with Crippen molar-refractivity contribution in [3.05, 3.63) is 52.3 Å². The highest BCUT2D eigenvalue weighted by molar-refractivity contribution is 5.92. The van der Waals surface area contributed by atoms with Gasteiger partial charge in [-0.1, -0.05) is 6.07 Å². The largest absolute Gasteiger partial charge is 0.335 e. The molecule has 3 rings (SSSR count). The van der Waals surface area contributed by atoms with Gasteiger partial charge in [0.15, 0.2) is 0 Å². The number of nitrogens with zero attached hydrogens (tertiary/aromatic N) is 1. The third kappa shape index (κ3) is 3.87. The first-order valence-corrected chi connectivity index (χ1v) is 8.14. The molecule has 1 aromatic heterocycles. The van der Waals surface area contributed by atoms with Crippen LogP contribution in [0.5, 0.6) is 0 Å². The van der Waals surface area contributed by atoms with Gasteiger partial charge in [-0.15, -0.1) is 0 Å². The lowest BCUT2D eigenvalue weighted by atomic mass is 9.91. The average molecular weight is 347 g/mol. The molecular weight excluding hydrogens is 328 g/mol.